The first kappa shape index (κ1) is 14.5. The maximum atomic E-state index is 12.2. The van der Waals surface area contributed by atoms with Crippen molar-refractivity contribution >= 4 is 23.1 Å². The second-order valence-corrected chi connectivity index (χ2v) is 5.08. The lowest BCUT2D eigenvalue weighted by molar-refractivity contribution is 0.0921. The molecule has 1 amide bonds. The smallest absolute Gasteiger partial charge is 0.262 e. The summed E-state index contributed by atoms with van der Waals surface area (Å²) < 4.78 is 0. The molecule has 0 fully saturated rings. The molecule has 0 saturated carbocycles. The summed E-state index contributed by atoms with van der Waals surface area (Å²) >= 11 is 1.38. The van der Waals surface area contributed by atoms with E-state index in [4.69, 9.17) is 10.9 Å². The summed E-state index contributed by atoms with van der Waals surface area (Å²) in [6, 6.07) is 1.89. The number of hydrogen-bond acceptors (Lipinski definition) is 4. The van der Waals surface area contributed by atoms with E-state index in [9.17, 15) is 4.79 Å². The summed E-state index contributed by atoms with van der Waals surface area (Å²) in [5.41, 5.74) is 5.84. The molecule has 0 radical (unpaired) electrons. The Balaban J connectivity index is 2.99. The second kappa shape index (κ2) is 5.86. The molecule has 1 rings (SSSR count). The van der Waals surface area contributed by atoms with Gasteiger partial charge in [-0.3, -0.25) is 4.79 Å². The number of hydrogen-bond donors (Lipinski definition) is 3. The van der Waals surface area contributed by atoms with E-state index < -0.39 is 5.54 Å². The van der Waals surface area contributed by atoms with Gasteiger partial charge >= 0.3 is 0 Å². The summed E-state index contributed by atoms with van der Waals surface area (Å²) in [5.74, 6) is -0.146. The lowest BCUT2D eigenvalue weighted by Crippen LogP contribution is -2.56. The average Bonchev–Trinajstić information content (AvgIpc) is 2.81. The fourth-order valence-electron chi connectivity index (χ4n) is 1.83. The fraction of sp³-hybridized carbons (Fsp3) is 0.500. The van der Waals surface area contributed by atoms with Gasteiger partial charge in [-0.15, -0.1) is 11.3 Å². The van der Waals surface area contributed by atoms with Crippen molar-refractivity contribution in [2.45, 2.75) is 39.2 Å². The normalized spacial score (nSPS) is 12.5. The third kappa shape index (κ3) is 2.64. The molecule has 6 heteroatoms. The molecule has 0 spiro atoms. The first-order valence-corrected chi connectivity index (χ1v) is 6.73. The van der Waals surface area contributed by atoms with Gasteiger partial charge < -0.3 is 16.3 Å². The number of nitrogens with two attached hydrogens (primary N) is 1. The summed E-state index contributed by atoms with van der Waals surface area (Å²) in [6.45, 7) is 5.67. The van der Waals surface area contributed by atoms with Gasteiger partial charge in [0.15, 0.2) is 5.84 Å². The van der Waals surface area contributed by atoms with Crippen LogP contribution in [0.4, 0.5) is 0 Å². The van der Waals surface area contributed by atoms with Crippen LogP contribution >= 0.6 is 11.3 Å². The average molecular weight is 269 g/mol. The fourth-order valence-corrected chi connectivity index (χ4v) is 2.65. The maximum Gasteiger partial charge on any atom is 0.262 e. The van der Waals surface area contributed by atoms with E-state index in [0.29, 0.717) is 17.7 Å². The number of carbonyl (C=O) groups excluding carboxylic acids is 1. The van der Waals surface area contributed by atoms with Gasteiger partial charge in [0.2, 0.25) is 0 Å². The number of thiophene rings is 1. The molecule has 0 atom stereocenters. The highest BCUT2D eigenvalue weighted by atomic mass is 32.1. The number of oxime groups is 1. The van der Waals surface area contributed by atoms with Crippen molar-refractivity contribution in [2.75, 3.05) is 0 Å². The van der Waals surface area contributed by atoms with E-state index >= 15 is 0 Å². The van der Waals surface area contributed by atoms with E-state index in [0.717, 1.165) is 5.56 Å². The summed E-state index contributed by atoms with van der Waals surface area (Å²) in [5, 5.41) is 16.6. The van der Waals surface area contributed by atoms with Crippen molar-refractivity contribution in [1.29, 1.82) is 0 Å². The minimum atomic E-state index is -0.789. The second-order valence-electron chi connectivity index (χ2n) is 4.16. The molecule has 0 bridgehead atoms. The highest BCUT2D eigenvalue weighted by Crippen LogP contribution is 2.20. The van der Waals surface area contributed by atoms with E-state index in [2.05, 4.69) is 10.5 Å². The molecule has 100 valence electrons. The van der Waals surface area contributed by atoms with E-state index in [1.54, 1.807) is 0 Å². The monoisotopic (exact) mass is 269 g/mol. The Morgan fingerprint density at radius 1 is 1.56 bits per heavy atom. The lowest BCUT2D eigenvalue weighted by atomic mass is 9.91. The third-order valence-electron chi connectivity index (χ3n) is 3.23. The predicted molar refractivity (Wildman–Crippen MR) is 73.2 cm³/mol. The Labute approximate surface area is 111 Å². The van der Waals surface area contributed by atoms with Gasteiger partial charge in [-0.25, -0.2) is 0 Å². The molecule has 1 heterocycles. The van der Waals surface area contributed by atoms with Gasteiger partial charge in [0.05, 0.1) is 4.88 Å². The van der Waals surface area contributed by atoms with Crippen LogP contribution in [0.3, 0.4) is 0 Å². The Hall–Kier alpha value is -1.56. The van der Waals surface area contributed by atoms with Crippen molar-refractivity contribution in [2.24, 2.45) is 10.9 Å². The largest absolute Gasteiger partial charge is 0.409 e. The molecule has 0 aliphatic heterocycles. The molecule has 4 N–H and O–H groups in total. The van der Waals surface area contributed by atoms with Crippen molar-refractivity contribution in [3.63, 3.8) is 0 Å². The molecule has 0 aliphatic rings. The standard InChI is InChI=1S/C12H19N3O2S/c1-4-12(5-2,11(13)15-17)14-10(16)9-8(3)6-7-18-9/h6-7,17H,4-5H2,1-3H3,(H2,13,15)(H,14,16). The highest BCUT2D eigenvalue weighted by molar-refractivity contribution is 7.12. The van der Waals surface area contributed by atoms with Gasteiger partial charge in [-0.2, -0.15) is 0 Å². The Kier molecular flexibility index (Phi) is 4.72. The summed E-state index contributed by atoms with van der Waals surface area (Å²) in [7, 11) is 0. The van der Waals surface area contributed by atoms with Gasteiger partial charge in [0, 0.05) is 0 Å². The van der Waals surface area contributed by atoms with Crippen LogP contribution < -0.4 is 11.1 Å². The summed E-state index contributed by atoms with van der Waals surface area (Å²) in [4.78, 5) is 12.8. The molecule has 1 aromatic heterocycles. The van der Waals surface area contributed by atoms with Crippen LogP contribution in [0.2, 0.25) is 0 Å². The Morgan fingerprint density at radius 2 is 2.17 bits per heavy atom. The van der Waals surface area contributed by atoms with Gasteiger partial charge in [0.1, 0.15) is 5.54 Å². The Bertz CT molecular complexity index is 450. The minimum absolute atomic E-state index is 0.0371. The van der Waals surface area contributed by atoms with Crippen LogP contribution in [0.25, 0.3) is 0 Å². The zero-order chi connectivity index (χ0) is 13.8. The maximum absolute atomic E-state index is 12.2. The van der Waals surface area contributed by atoms with Gasteiger partial charge in [-0.1, -0.05) is 19.0 Å². The van der Waals surface area contributed by atoms with Crippen molar-refractivity contribution in [1.82, 2.24) is 5.32 Å². The molecular formula is C12H19N3O2S. The number of nitrogens with one attached hydrogen (secondary N) is 1. The quantitative estimate of drug-likeness (QED) is 0.331. The number of aryl methyl sites for hydroxylation is 1. The van der Waals surface area contributed by atoms with Crippen molar-refractivity contribution < 1.29 is 10.0 Å². The van der Waals surface area contributed by atoms with Crippen LogP contribution in [0, 0.1) is 6.92 Å². The summed E-state index contributed by atoms with van der Waals surface area (Å²) in [6.07, 6.45) is 1.13. The number of nitrogens with zero attached hydrogens (tertiary/aromatic N) is 1. The van der Waals surface area contributed by atoms with Crippen LogP contribution in [-0.2, 0) is 0 Å². The molecular weight excluding hydrogens is 250 g/mol. The lowest BCUT2D eigenvalue weighted by Gasteiger charge is -2.31. The number of amidine groups is 1. The minimum Gasteiger partial charge on any atom is -0.409 e. The van der Waals surface area contributed by atoms with E-state index in [-0.39, 0.29) is 11.7 Å². The van der Waals surface area contributed by atoms with E-state index in [1.807, 2.05) is 32.2 Å². The first-order valence-electron chi connectivity index (χ1n) is 5.85. The van der Waals surface area contributed by atoms with E-state index in [1.165, 1.54) is 11.3 Å². The van der Waals surface area contributed by atoms with Gasteiger partial charge in [0.25, 0.3) is 5.91 Å². The molecule has 0 saturated heterocycles. The number of amides is 1. The van der Waals surface area contributed by atoms with Crippen LogP contribution in [0.5, 0.6) is 0 Å². The first-order chi connectivity index (χ1) is 8.50. The van der Waals surface area contributed by atoms with Gasteiger partial charge in [-0.05, 0) is 36.8 Å². The molecule has 0 unspecified atom stereocenters. The topological polar surface area (TPSA) is 87.7 Å². The van der Waals surface area contributed by atoms with Crippen LogP contribution in [0.1, 0.15) is 41.9 Å². The number of rotatable bonds is 5. The molecule has 0 aliphatic carbocycles. The zero-order valence-electron chi connectivity index (χ0n) is 10.9. The number of carbonyl (C=O) groups is 1. The zero-order valence-corrected chi connectivity index (χ0v) is 11.7. The van der Waals surface area contributed by atoms with Crippen LogP contribution in [0.15, 0.2) is 16.6 Å². The molecule has 18 heavy (non-hydrogen) atoms. The Morgan fingerprint density at radius 3 is 2.56 bits per heavy atom. The molecule has 0 aromatic carbocycles. The molecule has 5 nitrogen and oxygen atoms in total. The predicted octanol–water partition coefficient (Wildman–Crippen LogP) is 2.09. The third-order valence-corrected chi connectivity index (χ3v) is 4.24. The highest BCUT2D eigenvalue weighted by Gasteiger charge is 2.34. The van der Waals surface area contributed by atoms with Crippen LogP contribution in [-0.4, -0.2) is 22.5 Å². The van der Waals surface area contributed by atoms with Crippen molar-refractivity contribution in [3.05, 3.63) is 21.9 Å². The molecule has 1 aromatic rings. The SMILES string of the molecule is CCC(CC)(NC(=O)c1sccc1C)/C(N)=N/O. The van der Waals surface area contributed by atoms with Crippen molar-refractivity contribution in [3.8, 4) is 0 Å².